The van der Waals surface area contributed by atoms with Gasteiger partial charge in [-0.3, -0.25) is 4.68 Å². The number of esters is 1. The van der Waals surface area contributed by atoms with Crippen molar-refractivity contribution in [3.63, 3.8) is 0 Å². The van der Waals surface area contributed by atoms with Crippen LogP contribution in [0.2, 0.25) is 0 Å². The summed E-state index contributed by atoms with van der Waals surface area (Å²) in [5.74, 6) is 0.371. The molecule has 2 heterocycles. The lowest BCUT2D eigenvalue weighted by molar-refractivity contribution is -0.139. The number of rotatable bonds is 6. The van der Waals surface area contributed by atoms with E-state index in [4.69, 9.17) is 9.47 Å². The van der Waals surface area contributed by atoms with Crippen LogP contribution in [-0.2, 0) is 23.2 Å². The molecular formula is C20H21N3O3S. The number of carbonyl (C=O) groups excluding carboxylic acids is 1. The molecule has 0 radical (unpaired) electrons. The maximum atomic E-state index is 12.0. The highest BCUT2D eigenvalue weighted by molar-refractivity contribution is 7.13. The molecule has 0 amide bonds. The van der Waals surface area contributed by atoms with Gasteiger partial charge in [0.25, 0.3) is 0 Å². The lowest BCUT2D eigenvalue weighted by Crippen LogP contribution is -2.01. The Kier molecular flexibility index (Phi) is 5.71. The molecule has 0 aliphatic heterocycles. The zero-order valence-electron chi connectivity index (χ0n) is 15.7. The normalized spacial score (nSPS) is 11.1. The van der Waals surface area contributed by atoms with Crippen LogP contribution in [0.3, 0.4) is 0 Å². The van der Waals surface area contributed by atoms with Gasteiger partial charge in [0.1, 0.15) is 17.4 Å². The first-order valence-corrected chi connectivity index (χ1v) is 9.29. The molecule has 27 heavy (non-hydrogen) atoms. The van der Waals surface area contributed by atoms with Crippen LogP contribution >= 0.6 is 11.3 Å². The molecule has 0 N–H and O–H groups in total. The second-order valence-corrected chi connectivity index (χ2v) is 6.88. The molecule has 7 heteroatoms. The minimum atomic E-state index is -0.409. The molecule has 0 aliphatic rings. The maximum absolute atomic E-state index is 12.0. The third kappa shape index (κ3) is 4.43. The number of aromatic nitrogens is 3. The Balaban J connectivity index is 1.61. The Bertz CT molecular complexity index is 988. The lowest BCUT2D eigenvalue weighted by atomic mass is 10.2. The fourth-order valence-electron chi connectivity index (χ4n) is 2.64. The first kappa shape index (κ1) is 18.8. The number of benzene rings is 1. The highest BCUT2D eigenvalue weighted by Gasteiger charge is 2.09. The van der Waals surface area contributed by atoms with E-state index in [1.807, 2.05) is 50.5 Å². The number of aryl methyl sites for hydroxylation is 2. The smallest absolute Gasteiger partial charge is 0.331 e. The summed E-state index contributed by atoms with van der Waals surface area (Å²) in [5, 5.41) is 7.07. The number of hydrogen-bond donors (Lipinski definition) is 0. The van der Waals surface area contributed by atoms with Crippen molar-refractivity contribution >= 4 is 23.4 Å². The first-order valence-electron chi connectivity index (χ1n) is 8.42. The molecule has 0 spiro atoms. The number of hydrogen-bond acceptors (Lipinski definition) is 6. The van der Waals surface area contributed by atoms with E-state index in [0.717, 1.165) is 33.3 Å². The minimum Gasteiger partial charge on any atom is -0.497 e. The molecule has 0 atom stereocenters. The summed E-state index contributed by atoms with van der Waals surface area (Å²) in [6, 6.07) is 7.70. The molecule has 3 aromatic rings. The van der Waals surface area contributed by atoms with Gasteiger partial charge in [0, 0.05) is 35.3 Å². The lowest BCUT2D eigenvalue weighted by Gasteiger charge is -2.01. The summed E-state index contributed by atoms with van der Waals surface area (Å²) in [6.45, 7) is 4.00. The summed E-state index contributed by atoms with van der Waals surface area (Å²) in [4.78, 5) is 16.5. The van der Waals surface area contributed by atoms with Crippen molar-refractivity contribution in [2.75, 3.05) is 7.11 Å². The molecule has 1 aromatic carbocycles. The highest BCUT2D eigenvalue weighted by Crippen LogP contribution is 2.27. The van der Waals surface area contributed by atoms with Crippen molar-refractivity contribution in [3.8, 4) is 16.3 Å². The topological polar surface area (TPSA) is 66.2 Å². The SMILES string of the molecule is COc1cccc(-c2nc(COC(=O)/C=C/c3c(C)nn(C)c3C)cs2)c1. The molecule has 0 bridgehead atoms. The van der Waals surface area contributed by atoms with Gasteiger partial charge in [-0.05, 0) is 32.1 Å². The molecule has 0 fully saturated rings. The second-order valence-electron chi connectivity index (χ2n) is 6.03. The summed E-state index contributed by atoms with van der Waals surface area (Å²) in [6.07, 6.45) is 3.16. The molecule has 3 rings (SSSR count). The number of nitrogens with zero attached hydrogens (tertiary/aromatic N) is 3. The van der Waals surface area contributed by atoms with Gasteiger partial charge < -0.3 is 9.47 Å². The van der Waals surface area contributed by atoms with Gasteiger partial charge in [-0.2, -0.15) is 5.10 Å². The Morgan fingerprint density at radius 3 is 2.85 bits per heavy atom. The molecule has 0 aliphatic carbocycles. The Labute approximate surface area is 162 Å². The van der Waals surface area contributed by atoms with Crippen LogP contribution in [0.15, 0.2) is 35.7 Å². The molecule has 0 saturated heterocycles. The van der Waals surface area contributed by atoms with E-state index in [1.165, 1.54) is 17.4 Å². The average Bonchev–Trinajstić information content (AvgIpc) is 3.24. The van der Waals surface area contributed by atoms with Crippen LogP contribution in [0.4, 0.5) is 0 Å². The predicted octanol–water partition coefficient (Wildman–Crippen LogP) is 3.93. The zero-order valence-corrected chi connectivity index (χ0v) is 16.5. The van der Waals surface area contributed by atoms with Crippen molar-refractivity contribution < 1.29 is 14.3 Å². The third-order valence-corrected chi connectivity index (χ3v) is 5.12. The van der Waals surface area contributed by atoms with Crippen molar-refractivity contribution in [1.82, 2.24) is 14.8 Å². The summed E-state index contributed by atoms with van der Waals surface area (Å²) in [7, 11) is 3.51. The summed E-state index contributed by atoms with van der Waals surface area (Å²) in [5.41, 5.74) is 4.50. The standard InChI is InChI=1S/C20H21N3O3S/c1-13-18(14(2)23(3)22-13)8-9-19(24)26-11-16-12-27-20(21-16)15-6-5-7-17(10-15)25-4/h5-10,12H,11H2,1-4H3/b9-8+. The van der Waals surface area contributed by atoms with E-state index in [1.54, 1.807) is 17.9 Å². The molecule has 0 unspecified atom stereocenters. The van der Waals surface area contributed by atoms with Crippen LogP contribution in [0.5, 0.6) is 5.75 Å². The molecule has 6 nitrogen and oxygen atoms in total. The largest absolute Gasteiger partial charge is 0.497 e. The fraction of sp³-hybridized carbons (Fsp3) is 0.250. The van der Waals surface area contributed by atoms with Crippen LogP contribution in [0.1, 0.15) is 22.6 Å². The quantitative estimate of drug-likeness (QED) is 0.477. The van der Waals surface area contributed by atoms with Gasteiger partial charge in [0.05, 0.1) is 18.5 Å². The summed E-state index contributed by atoms with van der Waals surface area (Å²) >= 11 is 1.50. The molecule has 2 aromatic heterocycles. The second kappa shape index (κ2) is 8.18. The Hall–Kier alpha value is -2.93. The van der Waals surface area contributed by atoms with E-state index in [2.05, 4.69) is 10.1 Å². The molecule has 140 valence electrons. The highest BCUT2D eigenvalue weighted by atomic mass is 32.1. The number of carbonyl (C=O) groups is 1. The van der Waals surface area contributed by atoms with Gasteiger partial charge in [0.15, 0.2) is 0 Å². The molecule has 0 saturated carbocycles. The van der Waals surface area contributed by atoms with Crippen LogP contribution < -0.4 is 4.74 Å². The monoisotopic (exact) mass is 383 g/mol. The van der Waals surface area contributed by atoms with Gasteiger partial charge in [-0.25, -0.2) is 9.78 Å². The van der Waals surface area contributed by atoms with E-state index in [-0.39, 0.29) is 6.61 Å². The zero-order chi connectivity index (χ0) is 19.4. The molecular weight excluding hydrogens is 362 g/mol. The fourth-order valence-corrected chi connectivity index (χ4v) is 3.44. The predicted molar refractivity (Wildman–Crippen MR) is 106 cm³/mol. The van der Waals surface area contributed by atoms with Crippen molar-refractivity contribution in [3.05, 3.63) is 58.4 Å². The Morgan fingerprint density at radius 2 is 2.15 bits per heavy atom. The number of methoxy groups -OCH3 is 1. The van der Waals surface area contributed by atoms with Crippen LogP contribution in [0.25, 0.3) is 16.6 Å². The van der Waals surface area contributed by atoms with Gasteiger partial charge in [-0.1, -0.05) is 12.1 Å². The van der Waals surface area contributed by atoms with Crippen molar-refractivity contribution in [2.24, 2.45) is 7.05 Å². The van der Waals surface area contributed by atoms with E-state index in [9.17, 15) is 4.79 Å². The first-order chi connectivity index (χ1) is 13.0. The van der Waals surface area contributed by atoms with Gasteiger partial charge in [0.2, 0.25) is 0 Å². The van der Waals surface area contributed by atoms with Crippen molar-refractivity contribution in [2.45, 2.75) is 20.5 Å². The van der Waals surface area contributed by atoms with Crippen LogP contribution in [-0.4, -0.2) is 27.8 Å². The van der Waals surface area contributed by atoms with Gasteiger partial charge >= 0.3 is 5.97 Å². The average molecular weight is 383 g/mol. The maximum Gasteiger partial charge on any atom is 0.331 e. The number of ether oxygens (including phenoxy) is 2. The minimum absolute atomic E-state index is 0.134. The number of thiazole rings is 1. The van der Waals surface area contributed by atoms with E-state index in [0.29, 0.717) is 5.69 Å². The van der Waals surface area contributed by atoms with E-state index >= 15 is 0 Å². The van der Waals surface area contributed by atoms with E-state index < -0.39 is 5.97 Å². The van der Waals surface area contributed by atoms with Crippen LogP contribution in [0, 0.1) is 13.8 Å². The Morgan fingerprint density at radius 1 is 1.33 bits per heavy atom. The third-order valence-electron chi connectivity index (χ3n) is 4.18. The van der Waals surface area contributed by atoms with Crippen molar-refractivity contribution in [1.29, 1.82) is 0 Å². The van der Waals surface area contributed by atoms with Gasteiger partial charge in [-0.15, -0.1) is 11.3 Å². The summed E-state index contributed by atoms with van der Waals surface area (Å²) < 4.78 is 12.3.